The van der Waals surface area contributed by atoms with Crippen molar-refractivity contribution in [3.05, 3.63) is 24.5 Å². The molecule has 0 saturated carbocycles. The Morgan fingerprint density at radius 1 is 1.35 bits per heavy atom. The second-order valence-corrected chi connectivity index (χ2v) is 7.07. The van der Waals surface area contributed by atoms with Crippen LogP contribution in [0.3, 0.4) is 0 Å². The zero-order valence-corrected chi connectivity index (χ0v) is 12.9. The molecule has 2 aromatic rings. The van der Waals surface area contributed by atoms with Crippen LogP contribution in [0.5, 0.6) is 0 Å². The predicted octanol–water partition coefficient (Wildman–Crippen LogP) is 3.16. The van der Waals surface area contributed by atoms with Gasteiger partial charge < -0.3 is 4.57 Å². The van der Waals surface area contributed by atoms with E-state index in [1.807, 2.05) is 13.0 Å². The van der Waals surface area contributed by atoms with Crippen LogP contribution >= 0.6 is 0 Å². The van der Waals surface area contributed by atoms with E-state index in [9.17, 15) is 8.42 Å². The van der Waals surface area contributed by atoms with E-state index in [4.69, 9.17) is 0 Å². The van der Waals surface area contributed by atoms with Crippen LogP contribution in [-0.2, 0) is 10.0 Å². The molecule has 0 atom stereocenters. The molecule has 0 spiro atoms. The van der Waals surface area contributed by atoms with Gasteiger partial charge >= 0.3 is 0 Å². The average molecular weight is 295 g/mol. The molecule has 0 saturated heterocycles. The van der Waals surface area contributed by atoms with E-state index in [0.717, 1.165) is 17.5 Å². The Labute approximate surface area is 120 Å². The summed E-state index contributed by atoms with van der Waals surface area (Å²) in [6.45, 7) is 6.14. The molecule has 110 valence electrons. The third-order valence-electron chi connectivity index (χ3n) is 3.17. The highest BCUT2D eigenvalue weighted by molar-refractivity contribution is 7.92. The lowest BCUT2D eigenvalue weighted by atomic mass is 10.2. The van der Waals surface area contributed by atoms with Crippen molar-refractivity contribution >= 4 is 26.7 Å². The number of benzene rings is 1. The lowest BCUT2D eigenvalue weighted by molar-refractivity contribution is 0.598. The Kier molecular flexibility index (Phi) is 4.32. The molecule has 1 N–H and O–H groups in total. The standard InChI is InChI=1S/C14H21N3O2S/c1-4-5-8-20(18,19)16-12-6-7-14-13(9-12)15-10-17(14)11(2)3/h6-7,9-11,16H,4-5,8H2,1-3H3. The Morgan fingerprint density at radius 3 is 2.75 bits per heavy atom. The summed E-state index contributed by atoms with van der Waals surface area (Å²) < 4.78 is 28.4. The number of hydrogen-bond donors (Lipinski definition) is 1. The fourth-order valence-corrected chi connectivity index (χ4v) is 3.33. The van der Waals surface area contributed by atoms with E-state index in [1.165, 1.54) is 0 Å². The molecular weight excluding hydrogens is 274 g/mol. The molecule has 0 unspecified atom stereocenters. The third kappa shape index (κ3) is 3.30. The van der Waals surface area contributed by atoms with Gasteiger partial charge in [0.1, 0.15) is 0 Å². The number of unbranched alkanes of at least 4 members (excludes halogenated alkanes) is 1. The monoisotopic (exact) mass is 295 g/mol. The highest BCUT2D eigenvalue weighted by Crippen LogP contribution is 2.21. The molecule has 0 bridgehead atoms. The van der Waals surface area contributed by atoms with Crippen molar-refractivity contribution < 1.29 is 8.42 Å². The van der Waals surface area contributed by atoms with Crippen molar-refractivity contribution in [1.82, 2.24) is 9.55 Å². The molecule has 0 radical (unpaired) electrons. The average Bonchev–Trinajstić information content (AvgIpc) is 2.79. The van der Waals surface area contributed by atoms with Gasteiger partial charge in [-0.25, -0.2) is 13.4 Å². The van der Waals surface area contributed by atoms with E-state index in [-0.39, 0.29) is 5.75 Å². The minimum atomic E-state index is -3.26. The number of nitrogens with one attached hydrogen (secondary N) is 1. The Balaban J connectivity index is 2.25. The van der Waals surface area contributed by atoms with Crippen LogP contribution in [0.1, 0.15) is 39.7 Å². The van der Waals surface area contributed by atoms with Crippen LogP contribution in [-0.4, -0.2) is 23.7 Å². The first-order chi connectivity index (χ1) is 9.43. The van der Waals surface area contributed by atoms with Gasteiger partial charge in [0, 0.05) is 6.04 Å². The Hall–Kier alpha value is -1.56. The summed E-state index contributed by atoms with van der Waals surface area (Å²) in [5, 5.41) is 0. The van der Waals surface area contributed by atoms with Crippen molar-refractivity contribution in [1.29, 1.82) is 0 Å². The van der Waals surface area contributed by atoms with E-state index < -0.39 is 10.0 Å². The van der Waals surface area contributed by atoms with Crippen LogP contribution in [0.25, 0.3) is 11.0 Å². The maximum Gasteiger partial charge on any atom is 0.232 e. The predicted molar refractivity (Wildman–Crippen MR) is 82.4 cm³/mol. The molecule has 0 aliphatic carbocycles. The molecule has 0 aliphatic rings. The number of aromatic nitrogens is 2. The molecule has 20 heavy (non-hydrogen) atoms. The number of hydrogen-bond acceptors (Lipinski definition) is 3. The number of rotatable bonds is 6. The molecular formula is C14H21N3O2S. The van der Waals surface area contributed by atoms with Crippen LogP contribution < -0.4 is 4.72 Å². The molecule has 5 nitrogen and oxygen atoms in total. The zero-order valence-electron chi connectivity index (χ0n) is 12.1. The molecule has 6 heteroatoms. The first kappa shape index (κ1) is 14.8. The Bertz CT molecular complexity index is 690. The first-order valence-corrected chi connectivity index (χ1v) is 8.55. The van der Waals surface area contributed by atoms with E-state index in [2.05, 4.69) is 28.1 Å². The SMILES string of the molecule is CCCCS(=O)(=O)Nc1ccc2c(c1)ncn2C(C)C. The normalized spacial score (nSPS) is 12.2. The summed E-state index contributed by atoms with van der Waals surface area (Å²) in [6, 6.07) is 5.79. The highest BCUT2D eigenvalue weighted by atomic mass is 32.2. The lowest BCUT2D eigenvalue weighted by Gasteiger charge is -2.09. The fourth-order valence-electron chi connectivity index (χ4n) is 2.07. The van der Waals surface area contributed by atoms with Crippen LogP contribution in [0, 0.1) is 0 Å². The van der Waals surface area contributed by atoms with E-state index in [1.54, 1.807) is 18.5 Å². The summed E-state index contributed by atoms with van der Waals surface area (Å²) in [6.07, 6.45) is 3.31. The van der Waals surface area contributed by atoms with Crippen LogP contribution in [0.2, 0.25) is 0 Å². The van der Waals surface area contributed by atoms with E-state index >= 15 is 0 Å². The molecule has 1 aromatic carbocycles. The van der Waals surface area contributed by atoms with Crippen molar-refractivity contribution in [2.75, 3.05) is 10.5 Å². The number of imidazole rings is 1. The number of fused-ring (bicyclic) bond motifs is 1. The van der Waals surface area contributed by atoms with Gasteiger partial charge in [-0.1, -0.05) is 13.3 Å². The molecule has 2 rings (SSSR count). The topological polar surface area (TPSA) is 64.0 Å². The van der Waals surface area contributed by atoms with Crippen molar-refractivity contribution in [3.63, 3.8) is 0 Å². The third-order valence-corrected chi connectivity index (χ3v) is 4.54. The van der Waals surface area contributed by atoms with Gasteiger partial charge in [0.2, 0.25) is 10.0 Å². The summed E-state index contributed by atoms with van der Waals surface area (Å²) in [5.74, 6) is 0.155. The van der Waals surface area contributed by atoms with Crippen molar-refractivity contribution in [2.24, 2.45) is 0 Å². The molecule has 0 aliphatic heterocycles. The summed E-state index contributed by atoms with van der Waals surface area (Å²) >= 11 is 0. The maximum absolute atomic E-state index is 11.9. The first-order valence-electron chi connectivity index (χ1n) is 6.90. The molecule has 0 fully saturated rings. The minimum absolute atomic E-state index is 0.155. The maximum atomic E-state index is 11.9. The smallest absolute Gasteiger partial charge is 0.232 e. The van der Waals surface area contributed by atoms with Gasteiger partial charge in [-0.2, -0.15) is 0 Å². The number of nitrogens with zero attached hydrogens (tertiary/aromatic N) is 2. The highest BCUT2D eigenvalue weighted by Gasteiger charge is 2.11. The summed E-state index contributed by atoms with van der Waals surface area (Å²) in [5.41, 5.74) is 2.38. The second kappa shape index (κ2) is 5.83. The summed E-state index contributed by atoms with van der Waals surface area (Å²) in [7, 11) is -3.26. The van der Waals surface area contributed by atoms with Crippen LogP contribution in [0.15, 0.2) is 24.5 Å². The molecule has 1 heterocycles. The van der Waals surface area contributed by atoms with Gasteiger partial charge in [-0.05, 0) is 38.5 Å². The van der Waals surface area contributed by atoms with Gasteiger partial charge in [0.15, 0.2) is 0 Å². The zero-order chi connectivity index (χ0) is 14.8. The molecule has 1 aromatic heterocycles. The largest absolute Gasteiger partial charge is 0.328 e. The van der Waals surface area contributed by atoms with Gasteiger partial charge in [0.25, 0.3) is 0 Å². The van der Waals surface area contributed by atoms with Crippen molar-refractivity contribution in [2.45, 2.75) is 39.7 Å². The van der Waals surface area contributed by atoms with Crippen LogP contribution in [0.4, 0.5) is 5.69 Å². The summed E-state index contributed by atoms with van der Waals surface area (Å²) in [4.78, 5) is 4.32. The van der Waals surface area contributed by atoms with Crippen molar-refractivity contribution in [3.8, 4) is 0 Å². The van der Waals surface area contributed by atoms with Gasteiger partial charge in [0.05, 0.1) is 28.8 Å². The van der Waals surface area contributed by atoms with Gasteiger partial charge in [-0.15, -0.1) is 0 Å². The number of sulfonamides is 1. The Morgan fingerprint density at radius 2 is 2.10 bits per heavy atom. The minimum Gasteiger partial charge on any atom is -0.328 e. The molecule has 0 amide bonds. The lowest BCUT2D eigenvalue weighted by Crippen LogP contribution is -2.16. The quantitative estimate of drug-likeness (QED) is 0.890. The van der Waals surface area contributed by atoms with E-state index in [0.29, 0.717) is 18.2 Å². The van der Waals surface area contributed by atoms with Gasteiger partial charge in [-0.3, -0.25) is 4.72 Å². The fraction of sp³-hybridized carbons (Fsp3) is 0.500. The number of anilines is 1. The second-order valence-electron chi connectivity index (χ2n) is 5.22.